The fraction of sp³-hybridized carbons (Fsp3) is 0.688. The van der Waals surface area contributed by atoms with Gasteiger partial charge in [0.15, 0.2) is 9.34 Å². The van der Waals surface area contributed by atoms with Gasteiger partial charge < -0.3 is 15.0 Å². The van der Waals surface area contributed by atoms with E-state index in [2.05, 4.69) is 10.3 Å². The maximum atomic E-state index is 13.0. The Morgan fingerprint density at radius 2 is 2.04 bits per heavy atom. The van der Waals surface area contributed by atoms with E-state index in [1.54, 1.807) is 11.8 Å². The van der Waals surface area contributed by atoms with E-state index in [4.69, 9.17) is 4.74 Å². The summed E-state index contributed by atoms with van der Waals surface area (Å²) in [5.41, 5.74) is 0.375. The normalized spacial score (nSPS) is 22.1. The van der Waals surface area contributed by atoms with Crippen LogP contribution < -0.4 is 5.32 Å². The summed E-state index contributed by atoms with van der Waals surface area (Å²) in [5, 5.41) is 2.80. The molecule has 0 saturated carbocycles. The molecule has 2 aliphatic rings. The number of aromatic nitrogens is 1. The number of anilines is 1. The molecule has 2 fully saturated rings. The van der Waals surface area contributed by atoms with Gasteiger partial charge in [-0.3, -0.25) is 4.79 Å². The smallest absolute Gasteiger partial charge is 0.410 e. The highest BCUT2D eigenvalue weighted by Gasteiger charge is 2.39. The van der Waals surface area contributed by atoms with E-state index in [0.29, 0.717) is 38.2 Å². The van der Waals surface area contributed by atoms with Crippen LogP contribution in [0.4, 0.5) is 9.93 Å². The number of thiazole rings is 1. The van der Waals surface area contributed by atoms with Gasteiger partial charge >= 0.3 is 6.09 Å². The molecule has 0 bridgehead atoms. The van der Waals surface area contributed by atoms with Crippen LogP contribution in [-0.4, -0.2) is 66.4 Å². The highest BCUT2D eigenvalue weighted by atomic mass is 32.2. The summed E-state index contributed by atoms with van der Waals surface area (Å²) >= 11 is 0.961. The molecule has 9 nitrogen and oxygen atoms in total. The first kappa shape index (κ1) is 20.0. The number of aryl methyl sites for hydroxylation is 1. The van der Waals surface area contributed by atoms with Crippen molar-refractivity contribution in [1.29, 1.82) is 0 Å². The number of nitrogens with zero attached hydrogens (tertiary/aromatic N) is 3. The van der Waals surface area contributed by atoms with Gasteiger partial charge in [0.2, 0.25) is 5.91 Å². The standard InChI is InChI=1S/C16H24N4O5S2/c1-4-13-9-20(16(22)25-13)12-5-7-19(8-6-12)27(23,24)14-10(2)17-15(26-14)18-11(3)21/h12-13H,4-9H2,1-3H3,(H,17,18,21). The minimum absolute atomic E-state index is 0.00185. The van der Waals surface area contributed by atoms with Crippen molar-refractivity contribution >= 4 is 38.5 Å². The molecule has 27 heavy (non-hydrogen) atoms. The topological polar surface area (TPSA) is 109 Å². The SMILES string of the molecule is CCC1CN(C2CCN(S(=O)(=O)c3sc(NC(C)=O)nc3C)CC2)C(=O)O1. The third-order valence-electron chi connectivity index (χ3n) is 4.83. The number of hydrogen-bond acceptors (Lipinski definition) is 7. The Morgan fingerprint density at radius 3 is 2.59 bits per heavy atom. The lowest BCUT2D eigenvalue weighted by atomic mass is 10.1. The zero-order valence-corrected chi connectivity index (χ0v) is 17.2. The molecule has 1 N–H and O–H groups in total. The largest absolute Gasteiger partial charge is 0.444 e. The lowest BCUT2D eigenvalue weighted by Crippen LogP contribution is -2.47. The first-order valence-electron chi connectivity index (χ1n) is 8.94. The number of nitrogens with one attached hydrogen (secondary N) is 1. The third-order valence-corrected chi connectivity index (χ3v) is 8.39. The molecule has 1 aromatic rings. The lowest BCUT2D eigenvalue weighted by molar-refractivity contribution is -0.114. The van der Waals surface area contributed by atoms with E-state index in [9.17, 15) is 18.0 Å². The van der Waals surface area contributed by atoms with Crippen LogP contribution in [0.25, 0.3) is 0 Å². The number of piperidine rings is 1. The Hall–Kier alpha value is -1.72. The van der Waals surface area contributed by atoms with Crippen molar-refractivity contribution in [3.63, 3.8) is 0 Å². The summed E-state index contributed by atoms with van der Waals surface area (Å²) in [6, 6.07) is -0.00185. The van der Waals surface area contributed by atoms with E-state index in [1.165, 1.54) is 11.2 Å². The van der Waals surface area contributed by atoms with Crippen LogP contribution in [0.5, 0.6) is 0 Å². The maximum absolute atomic E-state index is 13.0. The van der Waals surface area contributed by atoms with Crippen LogP contribution in [0.1, 0.15) is 38.8 Å². The molecule has 3 rings (SSSR count). The number of sulfonamides is 1. The highest BCUT2D eigenvalue weighted by Crippen LogP contribution is 2.32. The summed E-state index contributed by atoms with van der Waals surface area (Å²) in [6.45, 7) is 6.18. The van der Waals surface area contributed by atoms with Gasteiger partial charge in [-0.2, -0.15) is 4.31 Å². The van der Waals surface area contributed by atoms with Gasteiger partial charge in [0.05, 0.1) is 12.2 Å². The molecule has 2 aliphatic heterocycles. The van der Waals surface area contributed by atoms with E-state index < -0.39 is 10.0 Å². The van der Waals surface area contributed by atoms with Gasteiger partial charge in [0, 0.05) is 26.1 Å². The monoisotopic (exact) mass is 416 g/mol. The van der Waals surface area contributed by atoms with Crippen LogP contribution in [0, 0.1) is 6.92 Å². The van der Waals surface area contributed by atoms with Crippen LogP contribution >= 0.6 is 11.3 Å². The first-order valence-corrected chi connectivity index (χ1v) is 11.2. The minimum atomic E-state index is -3.68. The number of hydrogen-bond donors (Lipinski definition) is 1. The highest BCUT2D eigenvalue weighted by molar-refractivity contribution is 7.91. The molecule has 1 atom stereocenters. The van der Waals surface area contributed by atoms with Crippen LogP contribution in [0.3, 0.4) is 0 Å². The zero-order chi connectivity index (χ0) is 19.8. The third kappa shape index (κ3) is 4.09. The predicted molar refractivity (Wildman–Crippen MR) is 100 cm³/mol. The van der Waals surface area contributed by atoms with Crippen molar-refractivity contribution in [2.45, 2.75) is 56.4 Å². The average molecular weight is 417 g/mol. The van der Waals surface area contributed by atoms with Crippen molar-refractivity contribution in [2.75, 3.05) is 25.0 Å². The number of rotatable bonds is 5. The Bertz CT molecular complexity index is 830. The predicted octanol–water partition coefficient (Wildman–Crippen LogP) is 1.79. The molecule has 0 spiro atoms. The quantitative estimate of drug-likeness (QED) is 0.784. The number of amides is 2. The molecular formula is C16H24N4O5S2. The maximum Gasteiger partial charge on any atom is 0.410 e. The van der Waals surface area contributed by atoms with Crippen molar-refractivity contribution < 1.29 is 22.7 Å². The second kappa shape index (κ2) is 7.72. The van der Waals surface area contributed by atoms with E-state index >= 15 is 0 Å². The second-order valence-corrected chi connectivity index (χ2v) is 9.91. The zero-order valence-electron chi connectivity index (χ0n) is 15.6. The van der Waals surface area contributed by atoms with E-state index in [1.807, 2.05) is 6.92 Å². The number of ether oxygens (including phenoxy) is 1. The van der Waals surface area contributed by atoms with Gasteiger partial charge in [0.25, 0.3) is 10.0 Å². The van der Waals surface area contributed by atoms with Gasteiger partial charge in [-0.25, -0.2) is 18.2 Å². The summed E-state index contributed by atoms with van der Waals surface area (Å²) in [5.74, 6) is -0.295. The van der Waals surface area contributed by atoms with Crippen molar-refractivity contribution in [1.82, 2.24) is 14.2 Å². The molecular weight excluding hydrogens is 392 g/mol. The summed E-state index contributed by atoms with van der Waals surface area (Å²) in [6.07, 6.45) is 1.53. The summed E-state index contributed by atoms with van der Waals surface area (Å²) < 4.78 is 32.8. The van der Waals surface area contributed by atoms with Crippen molar-refractivity contribution in [3.05, 3.63) is 5.69 Å². The number of carbonyl (C=O) groups excluding carboxylic acids is 2. The summed E-state index contributed by atoms with van der Waals surface area (Å²) in [7, 11) is -3.68. The van der Waals surface area contributed by atoms with Crippen molar-refractivity contribution in [2.24, 2.45) is 0 Å². The van der Waals surface area contributed by atoms with E-state index in [-0.39, 0.29) is 33.5 Å². The van der Waals surface area contributed by atoms with Gasteiger partial charge in [-0.05, 0) is 26.2 Å². The molecule has 0 aromatic carbocycles. The van der Waals surface area contributed by atoms with Gasteiger partial charge in [-0.15, -0.1) is 0 Å². The summed E-state index contributed by atoms with van der Waals surface area (Å²) in [4.78, 5) is 29.0. The van der Waals surface area contributed by atoms with Crippen LogP contribution in [0.15, 0.2) is 4.21 Å². The molecule has 150 valence electrons. The minimum Gasteiger partial charge on any atom is -0.444 e. The Kier molecular flexibility index (Phi) is 5.73. The molecule has 1 aromatic heterocycles. The molecule has 0 aliphatic carbocycles. The first-order chi connectivity index (χ1) is 12.7. The fourth-order valence-electron chi connectivity index (χ4n) is 3.39. The molecule has 3 heterocycles. The Morgan fingerprint density at radius 1 is 1.37 bits per heavy atom. The number of cyclic esters (lactones) is 1. The lowest BCUT2D eigenvalue weighted by Gasteiger charge is -2.34. The second-order valence-electron chi connectivity index (χ2n) is 6.77. The molecule has 1 unspecified atom stereocenters. The van der Waals surface area contributed by atoms with Crippen LogP contribution in [0.2, 0.25) is 0 Å². The average Bonchev–Trinajstić information content (AvgIpc) is 3.17. The van der Waals surface area contributed by atoms with Crippen LogP contribution in [-0.2, 0) is 19.6 Å². The molecule has 2 saturated heterocycles. The van der Waals surface area contributed by atoms with Gasteiger partial charge in [0.1, 0.15) is 6.10 Å². The Labute approximate surface area is 162 Å². The molecule has 0 radical (unpaired) electrons. The Balaban J connectivity index is 1.67. The molecule has 2 amide bonds. The number of carbonyl (C=O) groups is 2. The van der Waals surface area contributed by atoms with Crippen molar-refractivity contribution in [3.8, 4) is 0 Å². The van der Waals surface area contributed by atoms with Gasteiger partial charge in [-0.1, -0.05) is 18.3 Å². The molecule has 11 heteroatoms. The van der Waals surface area contributed by atoms with E-state index in [0.717, 1.165) is 17.8 Å². The fourth-order valence-corrected chi connectivity index (χ4v) is 6.45.